The van der Waals surface area contributed by atoms with Gasteiger partial charge in [0.05, 0.1) is 4.08 Å². The van der Waals surface area contributed by atoms with Crippen molar-refractivity contribution in [2.75, 3.05) is 19.6 Å². The van der Waals surface area contributed by atoms with Crippen molar-refractivity contribution in [3.63, 3.8) is 0 Å². The van der Waals surface area contributed by atoms with Gasteiger partial charge in [0.1, 0.15) is 0 Å². The molecule has 0 radical (unpaired) electrons. The highest BCUT2D eigenvalue weighted by Crippen LogP contribution is 2.45. The summed E-state index contributed by atoms with van der Waals surface area (Å²) >= 11 is 3.93. The lowest BCUT2D eigenvalue weighted by atomic mass is 10.4. The van der Waals surface area contributed by atoms with Gasteiger partial charge in [-0.15, -0.1) is 23.5 Å². The zero-order valence-corrected chi connectivity index (χ0v) is 15.3. The molecule has 22 heavy (non-hydrogen) atoms. The first-order chi connectivity index (χ1) is 10.6. The van der Waals surface area contributed by atoms with Crippen molar-refractivity contribution in [2.24, 2.45) is 0 Å². The molecule has 0 fully saturated rings. The Morgan fingerprint density at radius 2 is 1.18 bits per heavy atom. The Bertz CT molecular complexity index is 496. The molecule has 0 bridgehead atoms. The van der Waals surface area contributed by atoms with Gasteiger partial charge in [-0.25, -0.2) is 0 Å². The van der Waals surface area contributed by atoms with Gasteiger partial charge in [-0.2, -0.15) is 0 Å². The predicted molar refractivity (Wildman–Crippen MR) is 101 cm³/mol. The lowest BCUT2D eigenvalue weighted by molar-refractivity contribution is 0.301. The maximum absolute atomic E-state index is 2.51. The van der Waals surface area contributed by atoms with Gasteiger partial charge in [-0.3, -0.25) is 0 Å². The number of rotatable bonds is 8. The summed E-state index contributed by atoms with van der Waals surface area (Å²) in [6.45, 7) is 10.1. The molecule has 0 heterocycles. The van der Waals surface area contributed by atoms with Crippen LogP contribution in [0.15, 0.2) is 70.5 Å². The Labute approximate surface area is 143 Å². The number of benzene rings is 2. The minimum atomic E-state index is 0.0920. The number of hydrogen-bond donors (Lipinski definition) is 0. The van der Waals surface area contributed by atoms with Crippen molar-refractivity contribution >= 4 is 23.5 Å². The van der Waals surface area contributed by atoms with E-state index in [9.17, 15) is 0 Å². The molecule has 2 aromatic rings. The van der Waals surface area contributed by atoms with E-state index in [1.165, 1.54) is 9.79 Å². The van der Waals surface area contributed by atoms with E-state index in [4.69, 9.17) is 0 Å². The molecule has 2 aromatic carbocycles. The van der Waals surface area contributed by atoms with Crippen LogP contribution >= 0.6 is 23.5 Å². The molecule has 0 aliphatic heterocycles. The van der Waals surface area contributed by atoms with Gasteiger partial charge < -0.3 is 4.90 Å². The second-order valence-corrected chi connectivity index (χ2v) is 8.84. The predicted octanol–water partition coefficient (Wildman–Crippen LogP) is 5.63. The fourth-order valence-corrected chi connectivity index (χ4v) is 5.24. The first kappa shape index (κ1) is 17.5. The first-order valence-electron chi connectivity index (χ1n) is 7.85. The lowest BCUT2D eigenvalue weighted by Gasteiger charge is -2.34. The van der Waals surface area contributed by atoms with E-state index in [2.05, 4.69) is 86.3 Å². The Hall–Kier alpha value is -0.900. The third kappa shape index (κ3) is 5.38. The first-order valence-corrected chi connectivity index (χ1v) is 9.49. The molecule has 2 rings (SSSR count). The van der Waals surface area contributed by atoms with E-state index in [0.29, 0.717) is 0 Å². The minimum absolute atomic E-state index is 0.0920. The Morgan fingerprint density at radius 1 is 0.773 bits per heavy atom. The van der Waals surface area contributed by atoms with E-state index < -0.39 is 0 Å². The summed E-state index contributed by atoms with van der Waals surface area (Å²) in [7, 11) is 0. The molecule has 3 heteroatoms. The zero-order valence-electron chi connectivity index (χ0n) is 13.7. The normalized spacial score (nSPS) is 11.8. The van der Waals surface area contributed by atoms with Crippen molar-refractivity contribution in [1.29, 1.82) is 0 Å². The largest absolute Gasteiger partial charge is 0.302 e. The van der Waals surface area contributed by atoms with E-state index in [-0.39, 0.29) is 4.08 Å². The number of thioether (sulfide) groups is 2. The van der Waals surface area contributed by atoms with Crippen LogP contribution in [0.3, 0.4) is 0 Å². The van der Waals surface area contributed by atoms with Crippen LogP contribution < -0.4 is 0 Å². The molecule has 0 saturated carbocycles. The van der Waals surface area contributed by atoms with Crippen molar-refractivity contribution in [2.45, 2.75) is 34.6 Å². The molecule has 0 aromatic heterocycles. The smallest absolute Gasteiger partial charge is 0.0803 e. The molecule has 0 aliphatic rings. The van der Waals surface area contributed by atoms with Gasteiger partial charge in [-0.05, 0) is 44.3 Å². The van der Waals surface area contributed by atoms with E-state index >= 15 is 0 Å². The quantitative estimate of drug-likeness (QED) is 0.456. The van der Waals surface area contributed by atoms with Crippen molar-refractivity contribution in [3.8, 4) is 0 Å². The molecular weight excluding hydrogens is 306 g/mol. The zero-order chi connectivity index (χ0) is 15.8. The van der Waals surface area contributed by atoms with Gasteiger partial charge >= 0.3 is 0 Å². The summed E-state index contributed by atoms with van der Waals surface area (Å²) in [6, 6.07) is 21.5. The Morgan fingerprint density at radius 3 is 1.55 bits per heavy atom. The van der Waals surface area contributed by atoms with E-state index in [0.717, 1.165) is 19.6 Å². The third-order valence-corrected chi connectivity index (χ3v) is 6.20. The second-order valence-electron chi connectivity index (χ2n) is 5.43. The molecule has 0 atom stereocenters. The molecular formula is C19H25NS2. The van der Waals surface area contributed by atoms with Crippen LogP contribution in [0.5, 0.6) is 0 Å². The summed E-state index contributed by atoms with van der Waals surface area (Å²) < 4.78 is 0.0920. The standard InChI is InChI=1S/C19H25NS2/c1-4-20(5-2)16-19(3,21-17-12-8-6-9-13-17)22-18-14-10-7-11-15-18/h6-15H,4-5,16H2,1-3H3. The van der Waals surface area contributed by atoms with E-state index in [1.807, 2.05) is 23.5 Å². The molecule has 0 N–H and O–H groups in total. The summed E-state index contributed by atoms with van der Waals surface area (Å²) in [6.07, 6.45) is 0. The Kier molecular flexibility index (Phi) is 6.87. The molecule has 0 spiro atoms. The molecule has 1 nitrogen and oxygen atoms in total. The molecule has 0 amide bonds. The Balaban J connectivity index is 2.19. The van der Waals surface area contributed by atoms with Gasteiger partial charge in [0.2, 0.25) is 0 Å². The van der Waals surface area contributed by atoms with Crippen LogP contribution in [0.1, 0.15) is 20.8 Å². The fourth-order valence-electron chi connectivity index (χ4n) is 2.41. The SMILES string of the molecule is CCN(CC)CC(C)(Sc1ccccc1)Sc1ccccc1. The van der Waals surface area contributed by atoms with Crippen LogP contribution in [0, 0.1) is 0 Å². The third-order valence-electron chi connectivity index (χ3n) is 3.56. The highest BCUT2D eigenvalue weighted by molar-refractivity contribution is 8.18. The van der Waals surface area contributed by atoms with Crippen LogP contribution in [0.4, 0.5) is 0 Å². The average molecular weight is 332 g/mol. The summed E-state index contributed by atoms with van der Waals surface area (Å²) in [5, 5.41) is 0. The average Bonchev–Trinajstić information content (AvgIpc) is 2.54. The fraction of sp³-hybridized carbons (Fsp3) is 0.368. The van der Waals surface area contributed by atoms with Crippen LogP contribution in [0.25, 0.3) is 0 Å². The van der Waals surface area contributed by atoms with Gasteiger partial charge in [0.25, 0.3) is 0 Å². The van der Waals surface area contributed by atoms with Crippen molar-refractivity contribution in [3.05, 3.63) is 60.7 Å². The second kappa shape index (κ2) is 8.66. The molecule has 0 saturated heterocycles. The topological polar surface area (TPSA) is 3.24 Å². The number of hydrogen-bond acceptors (Lipinski definition) is 3. The highest BCUT2D eigenvalue weighted by Gasteiger charge is 2.29. The monoisotopic (exact) mass is 331 g/mol. The van der Waals surface area contributed by atoms with Crippen LogP contribution in [-0.4, -0.2) is 28.6 Å². The van der Waals surface area contributed by atoms with E-state index in [1.54, 1.807) is 0 Å². The lowest BCUT2D eigenvalue weighted by Crippen LogP contribution is -2.36. The van der Waals surface area contributed by atoms with Crippen molar-refractivity contribution in [1.82, 2.24) is 4.90 Å². The maximum atomic E-state index is 2.51. The molecule has 0 unspecified atom stereocenters. The molecule has 0 aliphatic carbocycles. The van der Waals surface area contributed by atoms with Crippen LogP contribution in [0.2, 0.25) is 0 Å². The highest BCUT2D eigenvalue weighted by atomic mass is 32.2. The summed E-state index contributed by atoms with van der Waals surface area (Å²) in [4.78, 5) is 5.17. The van der Waals surface area contributed by atoms with Gasteiger partial charge in [-0.1, -0.05) is 50.2 Å². The summed E-state index contributed by atoms with van der Waals surface area (Å²) in [5.74, 6) is 0. The minimum Gasteiger partial charge on any atom is -0.302 e. The van der Waals surface area contributed by atoms with Gasteiger partial charge in [0, 0.05) is 16.3 Å². The number of nitrogens with zero attached hydrogens (tertiary/aromatic N) is 1. The molecule has 118 valence electrons. The van der Waals surface area contributed by atoms with Gasteiger partial charge in [0.15, 0.2) is 0 Å². The van der Waals surface area contributed by atoms with Crippen molar-refractivity contribution < 1.29 is 0 Å². The van der Waals surface area contributed by atoms with Crippen LogP contribution in [-0.2, 0) is 0 Å². The maximum Gasteiger partial charge on any atom is 0.0803 e. The summed E-state index contributed by atoms with van der Waals surface area (Å²) in [5.41, 5.74) is 0.